The lowest BCUT2D eigenvalue weighted by atomic mass is 10.2. The van der Waals surface area contributed by atoms with Gasteiger partial charge in [0.2, 0.25) is 0 Å². The zero-order valence-corrected chi connectivity index (χ0v) is 13.8. The van der Waals surface area contributed by atoms with Crippen molar-refractivity contribution >= 4 is 43.2 Å². The fraction of sp³-hybridized carbons (Fsp3) is 0.455. The Labute approximate surface area is 126 Å². The van der Waals surface area contributed by atoms with E-state index in [4.69, 9.17) is 0 Å². The average molecular weight is 395 g/mol. The van der Waals surface area contributed by atoms with Crippen molar-refractivity contribution < 1.29 is 5.11 Å². The largest absolute Gasteiger partial charge is 0.387 e. The maximum atomic E-state index is 10.2. The van der Waals surface area contributed by atoms with Gasteiger partial charge in [-0.25, -0.2) is 4.98 Å². The predicted molar refractivity (Wildman–Crippen MR) is 78.7 cm³/mol. The molecule has 0 spiro atoms. The molecule has 2 aromatic heterocycles. The number of hydrogen-bond donors (Lipinski definition) is 1. The molecule has 2 aromatic rings. The molecule has 98 valence electrons. The number of aryl methyl sites for hydroxylation is 1. The van der Waals surface area contributed by atoms with Crippen molar-refractivity contribution in [2.45, 2.75) is 32.4 Å². The first-order valence-electron chi connectivity index (χ1n) is 5.61. The van der Waals surface area contributed by atoms with Crippen molar-refractivity contribution in [1.29, 1.82) is 0 Å². The van der Waals surface area contributed by atoms with Gasteiger partial charge in [-0.2, -0.15) is 5.10 Å². The first-order chi connectivity index (χ1) is 8.61. The van der Waals surface area contributed by atoms with E-state index in [2.05, 4.69) is 48.9 Å². The smallest absolute Gasteiger partial charge is 0.138 e. The number of halogens is 2. The Hall–Kier alpha value is -0.240. The Morgan fingerprint density at radius 3 is 2.89 bits per heavy atom. The second-order valence-corrected chi connectivity index (χ2v) is 7.15. The van der Waals surface area contributed by atoms with Crippen LogP contribution in [0.2, 0.25) is 0 Å². The normalized spacial score (nSPS) is 12.9. The molecule has 0 radical (unpaired) electrons. The summed E-state index contributed by atoms with van der Waals surface area (Å²) >= 11 is 8.38. The van der Waals surface area contributed by atoms with Gasteiger partial charge < -0.3 is 5.11 Å². The molecule has 0 aromatic carbocycles. The van der Waals surface area contributed by atoms with Crippen LogP contribution in [0.1, 0.15) is 30.2 Å². The van der Waals surface area contributed by atoms with Gasteiger partial charge in [-0.05, 0) is 44.3 Å². The third kappa shape index (κ3) is 3.20. The minimum Gasteiger partial charge on any atom is -0.387 e. The van der Waals surface area contributed by atoms with Crippen LogP contribution in [0.3, 0.4) is 0 Å². The highest BCUT2D eigenvalue weighted by Gasteiger charge is 2.16. The van der Waals surface area contributed by atoms with Crippen LogP contribution in [-0.2, 0) is 13.0 Å². The van der Waals surface area contributed by atoms with E-state index >= 15 is 0 Å². The number of rotatable bonds is 5. The van der Waals surface area contributed by atoms with Crippen molar-refractivity contribution in [2.75, 3.05) is 0 Å². The second kappa shape index (κ2) is 6.27. The van der Waals surface area contributed by atoms with Crippen molar-refractivity contribution in [3.63, 3.8) is 0 Å². The van der Waals surface area contributed by atoms with Gasteiger partial charge in [0.25, 0.3) is 0 Å². The minimum atomic E-state index is -0.544. The monoisotopic (exact) mass is 393 g/mol. The third-order valence-corrected chi connectivity index (χ3v) is 5.86. The second-order valence-electron chi connectivity index (χ2n) is 3.89. The number of aliphatic hydroxyl groups excluding tert-OH is 1. The van der Waals surface area contributed by atoms with E-state index in [1.54, 1.807) is 0 Å². The highest BCUT2D eigenvalue weighted by molar-refractivity contribution is 9.13. The van der Waals surface area contributed by atoms with Gasteiger partial charge in [0.15, 0.2) is 0 Å². The molecular weight excluding hydrogens is 382 g/mol. The molecular formula is C11H13Br2N3OS. The summed E-state index contributed by atoms with van der Waals surface area (Å²) in [4.78, 5) is 5.12. The molecule has 1 N–H and O–H groups in total. The summed E-state index contributed by atoms with van der Waals surface area (Å²) < 4.78 is 3.81. The fourth-order valence-electron chi connectivity index (χ4n) is 1.65. The molecule has 4 nitrogen and oxygen atoms in total. The van der Waals surface area contributed by atoms with Crippen molar-refractivity contribution in [2.24, 2.45) is 0 Å². The first kappa shape index (κ1) is 14.2. The van der Waals surface area contributed by atoms with Crippen molar-refractivity contribution in [3.8, 4) is 0 Å². The summed E-state index contributed by atoms with van der Waals surface area (Å²) in [5.41, 5.74) is 0. The predicted octanol–water partition coefficient (Wildman–Crippen LogP) is 3.55. The minimum absolute atomic E-state index is 0.486. The van der Waals surface area contributed by atoms with Crippen LogP contribution >= 0.6 is 43.2 Å². The van der Waals surface area contributed by atoms with Gasteiger partial charge in [0.1, 0.15) is 12.2 Å². The highest BCUT2D eigenvalue weighted by Crippen LogP contribution is 2.36. The topological polar surface area (TPSA) is 50.9 Å². The standard InChI is InChI=1S/C11H13Br2N3OS/c1-2-3-16-10(14-6-15-16)5-8(17)9-4-7(12)11(13)18-9/h4,6,8,17H,2-3,5H2,1H3. The number of aromatic nitrogens is 3. The summed E-state index contributed by atoms with van der Waals surface area (Å²) in [6.07, 6.45) is 2.48. The zero-order chi connectivity index (χ0) is 13.1. The SMILES string of the molecule is CCCn1ncnc1CC(O)c1cc(Br)c(Br)s1. The van der Waals surface area contributed by atoms with E-state index in [0.717, 1.165) is 31.9 Å². The van der Waals surface area contributed by atoms with E-state index in [1.807, 2.05) is 10.7 Å². The summed E-state index contributed by atoms with van der Waals surface area (Å²) in [5, 5.41) is 14.4. The Bertz CT molecular complexity index is 507. The molecule has 1 unspecified atom stereocenters. The van der Waals surface area contributed by atoms with Crippen LogP contribution in [0.5, 0.6) is 0 Å². The van der Waals surface area contributed by atoms with Crippen LogP contribution in [0.25, 0.3) is 0 Å². The third-order valence-electron chi connectivity index (χ3n) is 2.50. The van der Waals surface area contributed by atoms with Crippen LogP contribution in [0, 0.1) is 0 Å². The first-order valence-corrected chi connectivity index (χ1v) is 8.01. The summed E-state index contributed by atoms with van der Waals surface area (Å²) in [7, 11) is 0. The van der Waals surface area contributed by atoms with Gasteiger partial charge in [0.05, 0.1) is 9.89 Å². The van der Waals surface area contributed by atoms with Crippen molar-refractivity contribution in [3.05, 3.63) is 31.4 Å². The number of hydrogen-bond acceptors (Lipinski definition) is 4. The van der Waals surface area contributed by atoms with E-state index in [0.29, 0.717) is 6.42 Å². The Morgan fingerprint density at radius 1 is 1.50 bits per heavy atom. The van der Waals surface area contributed by atoms with Gasteiger partial charge in [0, 0.05) is 22.3 Å². The van der Waals surface area contributed by atoms with Crippen LogP contribution < -0.4 is 0 Å². The molecule has 0 bridgehead atoms. The van der Waals surface area contributed by atoms with E-state index in [1.165, 1.54) is 17.7 Å². The van der Waals surface area contributed by atoms with E-state index < -0.39 is 6.10 Å². The Balaban J connectivity index is 2.10. The number of aliphatic hydroxyl groups is 1. The maximum Gasteiger partial charge on any atom is 0.138 e. The fourth-order valence-corrected chi connectivity index (χ4v) is 3.72. The Kier molecular flexibility index (Phi) is 4.94. The zero-order valence-electron chi connectivity index (χ0n) is 9.81. The molecule has 0 aliphatic carbocycles. The molecule has 0 aliphatic rings. The van der Waals surface area contributed by atoms with Crippen LogP contribution in [-0.4, -0.2) is 19.9 Å². The molecule has 1 atom stereocenters. The van der Waals surface area contributed by atoms with Gasteiger partial charge in [-0.3, -0.25) is 4.68 Å². The molecule has 2 heterocycles. The van der Waals surface area contributed by atoms with Crippen LogP contribution in [0.15, 0.2) is 20.7 Å². The van der Waals surface area contributed by atoms with Crippen molar-refractivity contribution in [1.82, 2.24) is 14.8 Å². The average Bonchev–Trinajstić information content (AvgIpc) is 2.88. The summed E-state index contributed by atoms with van der Waals surface area (Å²) in [5.74, 6) is 0.824. The molecule has 0 amide bonds. The summed E-state index contributed by atoms with van der Waals surface area (Å²) in [6.45, 7) is 2.93. The molecule has 18 heavy (non-hydrogen) atoms. The maximum absolute atomic E-state index is 10.2. The van der Waals surface area contributed by atoms with E-state index in [9.17, 15) is 5.11 Å². The quantitative estimate of drug-likeness (QED) is 0.843. The van der Waals surface area contributed by atoms with Gasteiger partial charge >= 0.3 is 0 Å². The Morgan fingerprint density at radius 2 is 2.28 bits per heavy atom. The molecule has 7 heteroatoms. The molecule has 0 saturated carbocycles. The number of nitrogens with zero attached hydrogens (tertiary/aromatic N) is 3. The molecule has 2 rings (SSSR count). The molecule has 0 aliphatic heterocycles. The number of thiophene rings is 1. The molecule has 0 saturated heterocycles. The lowest BCUT2D eigenvalue weighted by molar-refractivity contribution is 0.177. The van der Waals surface area contributed by atoms with Gasteiger partial charge in [-0.1, -0.05) is 6.92 Å². The van der Waals surface area contributed by atoms with Gasteiger partial charge in [-0.15, -0.1) is 11.3 Å². The molecule has 0 fully saturated rings. The highest BCUT2D eigenvalue weighted by atomic mass is 79.9. The summed E-state index contributed by atoms with van der Waals surface area (Å²) in [6, 6.07) is 1.93. The van der Waals surface area contributed by atoms with Crippen LogP contribution in [0.4, 0.5) is 0 Å². The lowest BCUT2D eigenvalue weighted by Crippen LogP contribution is -2.09. The lowest BCUT2D eigenvalue weighted by Gasteiger charge is -2.09. The van der Waals surface area contributed by atoms with E-state index in [-0.39, 0.29) is 0 Å².